The highest BCUT2D eigenvalue weighted by Gasteiger charge is 2.24. The van der Waals surface area contributed by atoms with Crippen LogP contribution in [0.25, 0.3) is 0 Å². The second kappa shape index (κ2) is 5.89. The molecule has 1 fully saturated rings. The third kappa shape index (κ3) is 3.59. The van der Waals surface area contributed by atoms with Crippen molar-refractivity contribution in [3.63, 3.8) is 0 Å². The molecule has 0 atom stereocenters. The summed E-state index contributed by atoms with van der Waals surface area (Å²) >= 11 is 2.04. The Hall–Kier alpha value is -0.810. The van der Waals surface area contributed by atoms with Crippen molar-refractivity contribution in [3.8, 4) is 0 Å². The Kier molecular flexibility index (Phi) is 4.45. The van der Waals surface area contributed by atoms with E-state index in [1.807, 2.05) is 24.2 Å². The fourth-order valence-corrected chi connectivity index (χ4v) is 3.13. The Bertz CT molecular complexity index is 377. The van der Waals surface area contributed by atoms with Gasteiger partial charge in [-0.15, -0.1) is 0 Å². The van der Waals surface area contributed by atoms with Gasteiger partial charge in [-0.3, -0.25) is 0 Å². The molecule has 0 bridgehead atoms. The van der Waals surface area contributed by atoms with Crippen molar-refractivity contribution in [2.75, 3.05) is 30.3 Å². The van der Waals surface area contributed by atoms with Crippen LogP contribution >= 0.6 is 11.8 Å². The van der Waals surface area contributed by atoms with Crippen molar-refractivity contribution < 1.29 is 0 Å². The van der Waals surface area contributed by atoms with Crippen LogP contribution in [0.2, 0.25) is 0 Å². The number of anilines is 1. The maximum Gasteiger partial charge on any atom is 0.225 e. The van der Waals surface area contributed by atoms with E-state index in [2.05, 4.69) is 28.7 Å². The maximum absolute atomic E-state index is 5.52. The highest BCUT2D eigenvalue weighted by Crippen LogP contribution is 2.31. The Morgan fingerprint density at radius 3 is 2.72 bits per heavy atom. The highest BCUT2D eigenvalue weighted by atomic mass is 32.2. The van der Waals surface area contributed by atoms with Gasteiger partial charge in [0.1, 0.15) is 0 Å². The number of nitrogens with two attached hydrogens (primary N) is 1. The van der Waals surface area contributed by atoms with Crippen LogP contribution in [0.5, 0.6) is 0 Å². The second-order valence-electron chi connectivity index (χ2n) is 5.28. The molecule has 18 heavy (non-hydrogen) atoms. The molecule has 0 radical (unpaired) electrons. The fourth-order valence-electron chi connectivity index (χ4n) is 2.03. The SMILES string of the molecule is CC1(C)CCN(c2ncc(CCN)cn2)CCS1. The molecular formula is C13H22N4S. The molecule has 0 unspecified atom stereocenters. The molecule has 100 valence electrons. The fraction of sp³-hybridized carbons (Fsp3) is 0.692. The minimum Gasteiger partial charge on any atom is -0.340 e. The maximum atomic E-state index is 5.52. The molecule has 4 nitrogen and oxygen atoms in total. The van der Waals surface area contributed by atoms with Crippen LogP contribution < -0.4 is 10.6 Å². The normalized spacial score (nSPS) is 19.6. The van der Waals surface area contributed by atoms with Gasteiger partial charge in [0.15, 0.2) is 0 Å². The van der Waals surface area contributed by atoms with Crippen LogP contribution in [0.1, 0.15) is 25.8 Å². The van der Waals surface area contributed by atoms with Crippen LogP contribution in [0.15, 0.2) is 12.4 Å². The largest absolute Gasteiger partial charge is 0.340 e. The Balaban J connectivity index is 2.02. The molecule has 1 aromatic heterocycles. The van der Waals surface area contributed by atoms with Crippen LogP contribution in [-0.4, -0.2) is 40.1 Å². The quantitative estimate of drug-likeness (QED) is 0.902. The van der Waals surface area contributed by atoms with Crippen molar-refractivity contribution in [1.82, 2.24) is 9.97 Å². The van der Waals surface area contributed by atoms with E-state index in [1.54, 1.807) is 0 Å². The lowest BCUT2D eigenvalue weighted by atomic mass is 10.1. The van der Waals surface area contributed by atoms with Gasteiger partial charge in [0.05, 0.1) is 0 Å². The molecule has 5 heteroatoms. The molecule has 2 N–H and O–H groups in total. The molecule has 1 aliphatic heterocycles. The van der Waals surface area contributed by atoms with Gasteiger partial charge in [-0.05, 0) is 24.9 Å². The molecule has 0 aliphatic carbocycles. The summed E-state index contributed by atoms with van der Waals surface area (Å²) in [7, 11) is 0. The molecule has 0 aromatic carbocycles. The number of hydrogen-bond donors (Lipinski definition) is 1. The van der Waals surface area contributed by atoms with E-state index in [4.69, 9.17) is 5.73 Å². The first kappa shape index (κ1) is 13.6. The van der Waals surface area contributed by atoms with Gasteiger partial charge in [0, 0.05) is 36.0 Å². The minimum atomic E-state index is 0.369. The zero-order chi connectivity index (χ0) is 13.0. The van der Waals surface area contributed by atoms with Gasteiger partial charge >= 0.3 is 0 Å². The average Bonchev–Trinajstić information content (AvgIpc) is 2.52. The molecule has 2 rings (SSSR count). The summed E-state index contributed by atoms with van der Waals surface area (Å²) in [5.74, 6) is 2.00. The summed E-state index contributed by atoms with van der Waals surface area (Å²) in [5.41, 5.74) is 6.64. The average molecular weight is 266 g/mol. The van der Waals surface area contributed by atoms with Crippen molar-refractivity contribution in [2.24, 2.45) is 5.73 Å². The number of nitrogens with zero attached hydrogens (tertiary/aromatic N) is 3. The topological polar surface area (TPSA) is 55.0 Å². The van der Waals surface area contributed by atoms with Crippen molar-refractivity contribution in [2.45, 2.75) is 31.4 Å². The predicted molar refractivity (Wildman–Crippen MR) is 78.2 cm³/mol. The lowest BCUT2D eigenvalue weighted by molar-refractivity contribution is 0.631. The molecule has 1 aromatic rings. The van der Waals surface area contributed by atoms with Gasteiger partial charge in [0.25, 0.3) is 0 Å². The van der Waals surface area contributed by atoms with Gasteiger partial charge in [-0.2, -0.15) is 11.8 Å². The summed E-state index contributed by atoms with van der Waals surface area (Å²) in [6.45, 7) is 7.34. The summed E-state index contributed by atoms with van der Waals surface area (Å²) in [6.07, 6.45) is 5.82. The predicted octanol–water partition coefficient (Wildman–Crippen LogP) is 1.70. The van der Waals surface area contributed by atoms with Gasteiger partial charge in [0.2, 0.25) is 5.95 Å². The zero-order valence-electron chi connectivity index (χ0n) is 11.2. The monoisotopic (exact) mass is 266 g/mol. The summed E-state index contributed by atoms with van der Waals surface area (Å²) in [4.78, 5) is 11.2. The van der Waals surface area contributed by atoms with E-state index in [-0.39, 0.29) is 0 Å². The van der Waals surface area contributed by atoms with Crippen molar-refractivity contribution in [3.05, 3.63) is 18.0 Å². The molecule has 0 amide bonds. The minimum absolute atomic E-state index is 0.369. The summed E-state index contributed by atoms with van der Waals surface area (Å²) in [6, 6.07) is 0. The lowest BCUT2D eigenvalue weighted by Crippen LogP contribution is -2.28. The van der Waals surface area contributed by atoms with E-state index in [0.717, 1.165) is 36.8 Å². The highest BCUT2D eigenvalue weighted by molar-refractivity contribution is 8.00. The van der Waals surface area contributed by atoms with Crippen LogP contribution in [0, 0.1) is 0 Å². The number of aromatic nitrogens is 2. The second-order valence-corrected chi connectivity index (χ2v) is 7.08. The third-order valence-electron chi connectivity index (χ3n) is 3.25. The van der Waals surface area contributed by atoms with Gasteiger partial charge in [-0.25, -0.2) is 9.97 Å². The van der Waals surface area contributed by atoms with E-state index < -0.39 is 0 Å². The first-order chi connectivity index (χ1) is 8.61. The molecule has 2 heterocycles. The van der Waals surface area contributed by atoms with Crippen molar-refractivity contribution in [1.29, 1.82) is 0 Å². The first-order valence-corrected chi connectivity index (χ1v) is 7.49. The van der Waals surface area contributed by atoms with E-state index in [0.29, 0.717) is 11.3 Å². The molecule has 0 saturated carbocycles. The lowest BCUT2D eigenvalue weighted by Gasteiger charge is -2.22. The van der Waals surface area contributed by atoms with Crippen LogP contribution in [0.3, 0.4) is 0 Å². The number of hydrogen-bond acceptors (Lipinski definition) is 5. The summed E-state index contributed by atoms with van der Waals surface area (Å²) < 4.78 is 0.369. The Labute approximate surface area is 113 Å². The zero-order valence-corrected chi connectivity index (χ0v) is 12.0. The molecular weight excluding hydrogens is 244 g/mol. The molecule has 1 saturated heterocycles. The number of rotatable bonds is 3. The Morgan fingerprint density at radius 1 is 1.33 bits per heavy atom. The van der Waals surface area contributed by atoms with Crippen molar-refractivity contribution >= 4 is 17.7 Å². The van der Waals surface area contributed by atoms with E-state index in [1.165, 1.54) is 6.42 Å². The van der Waals surface area contributed by atoms with E-state index >= 15 is 0 Å². The Morgan fingerprint density at radius 2 is 2.06 bits per heavy atom. The molecule has 1 aliphatic rings. The summed E-state index contributed by atoms with van der Waals surface area (Å²) in [5, 5.41) is 0. The third-order valence-corrected chi connectivity index (χ3v) is 4.62. The van der Waals surface area contributed by atoms with Crippen LogP contribution in [-0.2, 0) is 6.42 Å². The smallest absolute Gasteiger partial charge is 0.225 e. The molecule has 0 spiro atoms. The standard InChI is InChI=1S/C13H22N4S/c1-13(2)4-6-17(7-8-18-13)12-15-9-11(3-5-14)10-16-12/h9-10H,3-8,14H2,1-2H3. The van der Waals surface area contributed by atoms with Gasteiger partial charge < -0.3 is 10.6 Å². The van der Waals surface area contributed by atoms with Crippen LogP contribution in [0.4, 0.5) is 5.95 Å². The number of thioether (sulfide) groups is 1. The first-order valence-electron chi connectivity index (χ1n) is 6.51. The van der Waals surface area contributed by atoms with E-state index in [9.17, 15) is 0 Å². The van der Waals surface area contributed by atoms with Gasteiger partial charge in [-0.1, -0.05) is 13.8 Å².